The van der Waals surface area contributed by atoms with Crippen molar-refractivity contribution in [2.45, 2.75) is 44.4 Å². The van der Waals surface area contributed by atoms with Crippen LogP contribution in [0, 0.1) is 17.5 Å². The summed E-state index contributed by atoms with van der Waals surface area (Å²) in [5.74, 6) is -3.50. The molecule has 2 aliphatic heterocycles. The van der Waals surface area contributed by atoms with Crippen LogP contribution in [0.5, 0.6) is 0 Å². The SMILES string of the molecule is O=C([C@@H]1CCCc2nn(Cc3cc(F)c(F)cc3F)c(=O)n21)N1CC[C@H](F)C1. The second kappa shape index (κ2) is 7.06. The second-order valence-electron chi connectivity index (χ2n) is 7.16. The molecule has 1 aromatic carbocycles. The maximum absolute atomic E-state index is 13.9. The van der Waals surface area contributed by atoms with Crippen molar-refractivity contribution in [1.29, 1.82) is 0 Å². The Balaban J connectivity index is 1.65. The molecule has 0 N–H and O–H groups in total. The van der Waals surface area contributed by atoms with Gasteiger partial charge in [0.05, 0.1) is 13.1 Å². The molecule has 0 radical (unpaired) electrons. The van der Waals surface area contributed by atoms with Gasteiger partial charge in [-0.25, -0.2) is 27.0 Å². The molecule has 1 saturated heterocycles. The molecule has 0 bridgehead atoms. The number of fused-ring (bicyclic) bond motifs is 1. The minimum atomic E-state index is -1.32. The van der Waals surface area contributed by atoms with Gasteiger partial charge in [-0.2, -0.15) is 5.10 Å². The number of amides is 1. The van der Waals surface area contributed by atoms with Crippen LogP contribution in [-0.4, -0.2) is 44.4 Å². The number of halogens is 4. The van der Waals surface area contributed by atoms with E-state index in [-0.39, 0.29) is 31.0 Å². The molecule has 150 valence electrons. The van der Waals surface area contributed by atoms with Crippen LogP contribution in [0.2, 0.25) is 0 Å². The zero-order valence-electron chi connectivity index (χ0n) is 14.9. The van der Waals surface area contributed by atoms with Crippen molar-refractivity contribution in [3.05, 3.63) is 51.5 Å². The molecular weight excluding hydrogens is 380 g/mol. The molecule has 1 amide bonds. The third kappa shape index (κ3) is 3.20. The Kier molecular flexibility index (Phi) is 4.72. The number of carbonyl (C=O) groups excluding carboxylic acids is 1. The summed E-state index contributed by atoms with van der Waals surface area (Å²) < 4.78 is 56.1. The zero-order chi connectivity index (χ0) is 20.0. The summed E-state index contributed by atoms with van der Waals surface area (Å²) in [6.07, 6.45) is 0.708. The summed E-state index contributed by atoms with van der Waals surface area (Å²) in [4.78, 5) is 27.0. The lowest BCUT2D eigenvalue weighted by atomic mass is 10.0. The molecule has 4 rings (SSSR count). The Morgan fingerprint density at radius 2 is 1.89 bits per heavy atom. The van der Waals surface area contributed by atoms with Gasteiger partial charge in [0.1, 0.15) is 23.9 Å². The second-order valence-corrected chi connectivity index (χ2v) is 7.16. The third-order valence-corrected chi connectivity index (χ3v) is 5.27. The molecule has 6 nitrogen and oxygen atoms in total. The van der Waals surface area contributed by atoms with E-state index >= 15 is 0 Å². The number of aromatic nitrogens is 3. The molecular formula is C18H18F4N4O2. The Labute approximate surface area is 157 Å². The fourth-order valence-electron chi connectivity index (χ4n) is 3.84. The van der Waals surface area contributed by atoms with Crippen molar-refractivity contribution in [2.75, 3.05) is 13.1 Å². The quantitative estimate of drug-likeness (QED) is 0.587. The van der Waals surface area contributed by atoms with Crippen LogP contribution in [0.4, 0.5) is 17.6 Å². The summed E-state index contributed by atoms with van der Waals surface area (Å²) in [5.41, 5.74) is -0.854. The van der Waals surface area contributed by atoms with Gasteiger partial charge in [0.15, 0.2) is 11.6 Å². The van der Waals surface area contributed by atoms with Gasteiger partial charge >= 0.3 is 5.69 Å². The fraction of sp³-hybridized carbons (Fsp3) is 0.500. The maximum Gasteiger partial charge on any atom is 0.346 e. The van der Waals surface area contributed by atoms with Crippen molar-refractivity contribution < 1.29 is 22.4 Å². The van der Waals surface area contributed by atoms with E-state index in [4.69, 9.17) is 0 Å². The predicted molar refractivity (Wildman–Crippen MR) is 90.0 cm³/mol. The lowest BCUT2D eigenvalue weighted by molar-refractivity contribution is -0.134. The Bertz CT molecular complexity index is 987. The van der Waals surface area contributed by atoms with Gasteiger partial charge in [0.25, 0.3) is 0 Å². The van der Waals surface area contributed by atoms with Crippen molar-refractivity contribution in [2.24, 2.45) is 0 Å². The zero-order valence-corrected chi connectivity index (χ0v) is 14.9. The molecule has 28 heavy (non-hydrogen) atoms. The maximum atomic E-state index is 13.9. The highest BCUT2D eigenvalue weighted by Gasteiger charge is 2.36. The molecule has 2 aliphatic rings. The smallest absolute Gasteiger partial charge is 0.338 e. The number of nitrogens with zero attached hydrogens (tertiary/aromatic N) is 4. The van der Waals surface area contributed by atoms with Crippen molar-refractivity contribution in [3.63, 3.8) is 0 Å². The van der Waals surface area contributed by atoms with Crippen LogP contribution in [0.3, 0.4) is 0 Å². The van der Waals surface area contributed by atoms with E-state index in [1.807, 2.05) is 0 Å². The van der Waals surface area contributed by atoms with Gasteiger partial charge < -0.3 is 4.90 Å². The van der Waals surface area contributed by atoms with Crippen LogP contribution in [0.15, 0.2) is 16.9 Å². The third-order valence-electron chi connectivity index (χ3n) is 5.27. The summed E-state index contributed by atoms with van der Waals surface area (Å²) in [5, 5.41) is 4.15. The van der Waals surface area contributed by atoms with E-state index in [1.165, 1.54) is 9.47 Å². The minimum Gasteiger partial charge on any atom is -0.338 e. The van der Waals surface area contributed by atoms with E-state index in [0.717, 1.165) is 4.68 Å². The number of rotatable bonds is 3. The van der Waals surface area contributed by atoms with Crippen molar-refractivity contribution in [1.82, 2.24) is 19.2 Å². The topological polar surface area (TPSA) is 60.1 Å². The Hall–Kier alpha value is -2.65. The van der Waals surface area contributed by atoms with Gasteiger partial charge in [-0.05, 0) is 25.3 Å². The van der Waals surface area contributed by atoms with Crippen LogP contribution in [0.25, 0.3) is 0 Å². The summed E-state index contributed by atoms with van der Waals surface area (Å²) in [6.45, 7) is -0.0819. The largest absolute Gasteiger partial charge is 0.346 e. The minimum absolute atomic E-state index is 0.00756. The van der Waals surface area contributed by atoms with Gasteiger partial charge in [0.2, 0.25) is 5.91 Å². The number of aryl methyl sites for hydroxylation is 1. The number of hydrogen-bond donors (Lipinski definition) is 0. The first-order valence-electron chi connectivity index (χ1n) is 9.09. The van der Waals surface area contributed by atoms with E-state index in [9.17, 15) is 27.2 Å². The number of alkyl halides is 1. The van der Waals surface area contributed by atoms with Crippen LogP contribution < -0.4 is 5.69 Å². The van der Waals surface area contributed by atoms with Gasteiger partial charge in [-0.15, -0.1) is 0 Å². The van der Waals surface area contributed by atoms with E-state index < -0.39 is 35.4 Å². The standard InChI is InChI=1S/C18H18F4N4O2/c19-11-4-5-24(9-11)17(27)15-2-1-3-16-23-25(18(28)26(15)16)8-10-6-13(21)14(22)7-12(10)20/h6-7,11,15H,1-5,8-9H2/t11-,15-/m0/s1. The number of hydrogen-bond acceptors (Lipinski definition) is 3. The van der Waals surface area contributed by atoms with Gasteiger partial charge in [-0.1, -0.05) is 0 Å². The molecule has 1 fully saturated rings. The lowest BCUT2D eigenvalue weighted by Gasteiger charge is -2.26. The highest BCUT2D eigenvalue weighted by atomic mass is 19.2. The highest BCUT2D eigenvalue weighted by molar-refractivity contribution is 5.81. The van der Waals surface area contributed by atoms with Gasteiger partial charge in [-0.3, -0.25) is 9.36 Å². The summed E-state index contributed by atoms with van der Waals surface area (Å²) >= 11 is 0. The van der Waals surface area contributed by atoms with Crippen LogP contribution in [-0.2, 0) is 17.8 Å². The van der Waals surface area contributed by atoms with Crippen LogP contribution in [0.1, 0.15) is 36.7 Å². The lowest BCUT2D eigenvalue weighted by Crippen LogP contribution is -2.41. The molecule has 0 aliphatic carbocycles. The number of carbonyl (C=O) groups is 1. The first kappa shape index (κ1) is 18.7. The molecule has 0 saturated carbocycles. The fourth-order valence-corrected chi connectivity index (χ4v) is 3.84. The Morgan fingerprint density at radius 3 is 2.61 bits per heavy atom. The van der Waals surface area contributed by atoms with Crippen molar-refractivity contribution in [3.8, 4) is 0 Å². The van der Waals surface area contributed by atoms with E-state index in [1.54, 1.807) is 0 Å². The first-order chi connectivity index (χ1) is 13.3. The van der Waals surface area contributed by atoms with Crippen molar-refractivity contribution >= 4 is 5.91 Å². The molecule has 0 spiro atoms. The Morgan fingerprint density at radius 1 is 1.14 bits per heavy atom. The van der Waals surface area contributed by atoms with Crippen LogP contribution >= 0.6 is 0 Å². The molecule has 1 aromatic heterocycles. The molecule has 3 heterocycles. The molecule has 0 unspecified atom stereocenters. The number of benzene rings is 1. The first-order valence-corrected chi connectivity index (χ1v) is 9.09. The molecule has 2 atom stereocenters. The summed E-state index contributed by atoms with van der Waals surface area (Å²) in [6, 6.07) is 0.313. The predicted octanol–water partition coefficient (Wildman–Crippen LogP) is 1.96. The highest BCUT2D eigenvalue weighted by Crippen LogP contribution is 2.26. The number of likely N-dealkylation sites (tertiary alicyclic amines) is 1. The van der Waals surface area contributed by atoms with E-state index in [2.05, 4.69) is 5.10 Å². The molecule has 2 aromatic rings. The van der Waals surface area contributed by atoms with Gasteiger partial charge in [0, 0.05) is 24.6 Å². The summed E-state index contributed by atoms with van der Waals surface area (Å²) in [7, 11) is 0. The average Bonchev–Trinajstić information content (AvgIpc) is 3.23. The van der Waals surface area contributed by atoms with E-state index in [0.29, 0.717) is 43.8 Å². The average molecular weight is 398 g/mol. The molecule has 10 heteroatoms. The normalized spacial score (nSPS) is 21.8. The monoisotopic (exact) mass is 398 g/mol.